The van der Waals surface area contributed by atoms with E-state index in [2.05, 4.69) is 20.8 Å². The summed E-state index contributed by atoms with van der Waals surface area (Å²) in [6.45, 7) is 6.97. The van der Waals surface area contributed by atoms with Gasteiger partial charge in [0, 0.05) is 0 Å². The van der Waals surface area contributed by atoms with Gasteiger partial charge in [-0.15, -0.1) is 0 Å². The van der Waals surface area contributed by atoms with Gasteiger partial charge in [-0.2, -0.15) is 0 Å². The normalized spacial score (nSPS) is 9.64. The molecule has 0 saturated heterocycles. The highest BCUT2D eigenvalue weighted by Gasteiger charge is 2.14. The topological polar surface area (TPSA) is 28.5 Å². The maximum atomic E-state index is 2.32. The standard InChI is InChI=1S/3C4H9.Al.O/c3*1-3-4-2;;/h3*1,3-4H2,2H3;;/q;;;;-2. The monoisotopic (exact) mass is 214 g/mol. The van der Waals surface area contributed by atoms with Crippen LogP contribution in [-0.4, -0.2) is 14.1 Å². The summed E-state index contributed by atoms with van der Waals surface area (Å²) in [6, 6.07) is 0. The molecule has 0 aromatic carbocycles. The highest BCUT2D eigenvalue weighted by atomic mass is 27.2. The Morgan fingerprint density at radius 3 is 1.14 bits per heavy atom. The number of unbranched alkanes of at least 4 members (excludes halogenated alkanes) is 3. The lowest BCUT2D eigenvalue weighted by Crippen LogP contribution is -2.11. The first kappa shape index (κ1) is 16.9. The van der Waals surface area contributed by atoms with Gasteiger partial charge in [-0.25, -0.2) is 0 Å². The van der Waals surface area contributed by atoms with E-state index < -0.39 is 0 Å². The van der Waals surface area contributed by atoms with Gasteiger partial charge in [0.1, 0.15) is 0 Å². The molecule has 0 heterocycles. The Morgan fingerprint density at radius 1 is 0.643 bits per heavy atom. The van der Waals surface area contributed by atoms with Gasteiger partial charge in [0.25, 0.3) is 14.1 Å². The van der Waals surface area contributed by atoms with Crippen LogP contribution in [0.15, 0.2) is 0 Å². The van der Waals surface area contributed by atoms with Gasteiger partial charge in [0.2, 0.25) is 0 Å². The molecule has 0 bridgehead atoms. The molecule has 2 heteroatoms. The van der Waals surface area contributed by atoms with E-state index in [4.69, 9.17) is 0 Å². The first-order valence-electron chi connectivity index (χ1n) is 6.35. The third-order valence-corrected chi connectivity index (χ3v) is 6.57. The quantitative estimate of drug-likeness (QED) is 0.495. The Morgan fingerprint density at radius 2 is 0.929 bits per heavy atom. The zero-order chi connectivity index (χ0) is 9.94. The predicted octanol–water partition coefficient (Wildman–Crippen LogP) is 4.76. The van der Waals surface area contributed by atoms with Gasteiger partial charge in [0.05, 0.1) is 0 Å². The fourth-order valence-electron chi connectivity index (χ4n) is 1.91. The van der Waals surface area contributed by atoms with E-state index in [1.165, 1.54) is 38.5 Å². The average molecular weight is 214 g/mol. The fourth-order valence-corrected chi connectivity index (χ4v) is 5.73. The minimum Gasteiger partial charge on any atom is -2.00 e. The molecule has 0 spiro atoms. The van der Waals surface area contributed by atoms with Gasteiger partial charge >= 0.3 is 0 Å². The van der Waals surface area contributed by atoms with E-state index in [0.29, 0.717) is 0 Å². The molecule has 0 aliphatic rings. The molecule has 0 atom stereocenters. The van der Waals surface area contributed by atoms with Crippen LogP contribution in [0.3, 0.4) is 0 Å². The molecule has 0 aliphatic heterocycles. The first-order chi connectivity index (χ1) is 6.35. The summed E-state index contributed by atoms with van der Waals surface area (Å²) >= 11 is -0.287. The maximum Gasteiger partial charge on any atom is 0.261 e. The second-order valence-corrected chi connectivity index (χ2v) is 7.76. The maximum absolute atomic E-state index is 2.32. The molecular weight excluding hydrogens is 187 g/mol. The van der Waals surface area contributed by atoms with Crippen molar-refractivity contribution in [1.29, 1.82) is 0 Å². The summed E-state index contributed by atoms with van der Waals surface area (Å²) < 4.78 is 0. The van der Waals surface area contributed by atoms with E-state index in [9.17, 15) is 0 Å². The largest absolute Gasteiger partial charge is 2.00 e. The lowest BCUT2D eigenvalue weighted by Gasteiger charge is -2.09. The summed E-state index contributed by atoms with van der Waals surface area (Å²) in [7, 11) is 0. The van der Waals surface area contributed by atoms with Crippen molar-refractivity contribution < 1.29 is 5.48 Å². The van der Waals surface area contributed by atoms with Crippen molar-refractivity contribution in [2.24, 2.45) is 0 Å². The zero-order valence-electron chi connectivity index (χ0n) is 10.3. The van der Waals surface area contributed by atoms with E-state index >= 15 is 0 Å². The zero-order valence-corrected chi connectivity index (χ0v) is 11.5. The lowest BCUT2D eigenvalue weighted by molar-refractivity contribution is 0.686. The van der Waals surface area contributed by atoms with Crippen molar-refractivity contribution in [1.82, 2.24) is 0 Å². The van der Waals surface area contributed by atoms with Crippen LogP contribution in [0, 0.1) is 0 Å². The number of hydrogen-bond donors (Lipinski definition) is 0. The molecule has 1 nitrogen and oxygen atoms in total. The second-order valence-electron chi connectivity index (χ2n) is 4.29. The Kier molecular flexibility index (Phi) is 16.3. The molecule has 0 saturated carbocycles. The molecule has 14 heavy (non-hydrogen) atoms. The van der Waals surface area contributed by atoms with E-state index in [0.717, 1.165) is 0 Å². The minimum absolute atomic E-state index is 0. The van der Waals surface area contributed by atoms with Gasteiger partial charge < -0.3 is 5.48 Å². The molecular formula is C12H27AlO-2. The van der Waals surface area contributed by atoms with Crippen LogP contribution in [0.2, 0.25) is 15.8 Å². The van der Waals surface area contributed by atoms with Crippen molar-refractivity contribution in [3.63, 3.8) is 0 Å². The van der Waals surface area contributed by atoms with Crippen molar-refractivity contribution in [2.45, 2.75) is 75.1 Å². The van der Waals surface area contributed by atoms with E-state index in [-0.39, 0.29) is 19.6 Å². The average Bonchev–Trinajstić information content (AvgIpc) is 2.17. The van der Waals surface area contributed by atoms with Gasteiger partial charge in [-0.1, -0.05) is 75.1 Å². The van der Waals surface area contributed by atoms with Crippen LogP contribution >= 0.6 is 0 Å². The third kappa shape index (κ3) is 10.6. The highest BCUT2D eigenvalue weighted by Crippen LogP contribution is 2.16. The second kappa shape index (κ2) is 13.5. The molecule has 0 aromatic heterocycles. The first-order valence-corrected chi connectivity index (χ1v) is 8.80. The minimum atomic E-state index is -0.287. The van der Waals surface area contributed by atoms with Crippen LogP contribution in [0.25, 0.3) is 0 Å². The van der Waals surface area contributed by atoms with Crippen molar-refractivity contribution in [3.8, 4) is 0 Å². The smallest absolute Gasteiger partial charge is 0.261 e. The summed E-state index contributed by atoms with van der Waals surface area (Å²) in [4.78, 5) is 0. The summed E-state index contributed by atoms with van der Waals surface area (Å²) in [5, 5.41) is 4.86. The van der Waals surface area contributed by atoms with Crippen LogP contribution < -0.4 is 0 Å². The van der Waals surface area contributed by atoms with Crippen LogP contribution in [-0.2, 0) is 5.48 Å². The molecule has 0 amide bonds. The van der Waals surface area contributed by atoms with Crippen LogP contribution in [0.1, 0.15) is 59.3 Å². The van der Waals surface area contributed by atoms with Gasteiger partial charge in [-0.3, -0.25) is 0 Å². The molecule has 0 fully saturated rings. The van der Waals surface area contributed by atoms with Crippen molar-refractivity contribution in [2.75, 3.05) is 0 Å². The fraction of sp³-hybridized carbons (Fsp3) is 1.00. The van der Waals surface area contributed by atoms with E-state index in [1.54, 1.807) is 15.8 Å². The van der Waals surface area contributed by atoms with Crippen LogP contribution in [0.5, 0.6) is 0 Å². The molecule has 0 radical (unpaired) electrons. The Hall–Kier alpha value is 0.492. The molecule has 0 unspecified atom stereocenters. The van der Waals surface area contributed by atoms with Crippen molar-refractivity contribution >= 4 is 14.1 Å². The van der Waals surface area contributed by atoms with E-state index in [1.807, 2.05) is 0 Å². The highest BCUT2D eigenvalue weighted by molar-refractivity contribution is 6.58. The van der Waals surface area contributed by atoms with Gasteiger partial charge in [-0.05, 0) is 0 Å². The summed E-state index contributed by atoms with van der Waals surface area (Å²) in [5.41, 5.74) is 0. The third-order valence-electron chi connectivity index (χ3n) is 2.90. The molecule has 0 aromatic rings. The summed E-state index contributed by atoms with van der Waals surface area (Å²) in [6.07, 6.45) is 8.73. The molecule has 0 rings (SSSR count). The van der Waals surface area contributed by atoms with Crippen LogP contribution in [0.4, 0.5) is 0 Å². The lowest BCUT2D eigenvalue weighted by atomic mass is 10.4. The molecule has 86 valence electrons. The van der Waals surface area contributed by atoms with Gasteiger partial charge in [0.15, 0.2) is 0 Å². The SMILES string of the molecule is CCC[CH2][Al]([CH2]CCC)[CH2]CCC.[O-2]. The van der Waals surface area contributed by atoms with Crippen molar-refractivity contribution in [3.05, 3.63) is 0 Å². The summed E-state index contributed by atoms with van der Waals surface area (Å²) in [5.74, 6) is 0. The Balaban J connectivity index is 0. The predicted molar refractivity (Wildman–Crippen MR) is 65.6 cm³/mol. The number of rotatable bonds is 9. The Labute approximate surface area is 95.0 Å². The Bertz CT molecular complexity index is 77.3. The molecule has 0 N–H and O–H groups in total. The number of hydrogen-bond acceptors (Lipinski definition) is 0. The molecule has 0 aliphatic carbocycles.